The van der Waals surface area contributed by atoms with Gasteiger partial charge in [-0.2, -0.15) is 5.26 Å². The fourth-order valence-corrected chi connectivity index (χ4v) is 2.03. The highest BCUT2D eigenvalue weighted by Gasteiger charge is 2.09. The third-order valence-electron chi connectivity index (χ3n) is 2.21. The Morgan fingerprint density at radius 3 is 2.88 bits per heavy atom. The van der Waals surface area contributed by atoms with Gasteiger partial charge < -0.3 is 0 Å². The number of nitriles is 1. The van der Waals surface area contributed by atoms with Gasteiger partial charge in [-0.1, -0.05) is 17.8 Å². The lowest BCUT2D eigenvalue weighted by Gasteiger charge is -2.06. The molecule has 2 rings (SSSR count). The summed E-state index contributed by atoms with van der Waals surface area (Å²) in [6.07, 6.45) is 1.95. The van der Waals surface area contributed by atoms with Gasteiger partial charge in [0.05, 0.1) is 17.3 Å². The zero-order chi connectivity index (χ0) is 11.5. The first-order valence-corrected chi connectivity index (χ1v) is 5.95. The Kier molecular flexibility index (Phi) is 2.93. The third kappa shape index (κ3) is 1.79. The van der Waals surface area contributed by atoms with Crippen LogP contribution in [0.25, 0.3) is 5.69 Å². The Morgan fingerprint density at radius 1 is 1.38 bits per heavy atom. The van der Waals surface area contributed by atoms with Crippen LogP contribution in [0.2, 0.25) is 0 Å². The second kappa shape index (κ2) is 4.37. The standard InChI is InChI=1S/C11H10N4S/c1-8-13-14-11(16-2)15(8)10-5-3-4-9(6-10)7-12/h3-6H,1-2H3. The van der Waals surface area contributed by atoms with Crippen molar-refractivity contribution in [1.29, 1.82) is 5.26 Å². The number of benzene rings is 1. The molecule has 0 atom stereocenters. The molecule has 5 heteroatoms. The topological polar surface area (TPSA) is 54.5 Å². The Hall–Kier alpha value is -1.80. The predicted octanol–water partition coefficient (Wildman–Crippen LogP) is 2.17. The number of aryl methyl sites for hydroxylation is 1. The first-order valence-electron chi connectivity index (χ1n) is 4.73. The molecule has 0 bridgehead atoms. The van der Waals surface area contributed by atoms with Crippen LogP contribution in [-0.2, 0) is 0 Å². The molecular formula is C11H10N4S. The van der Waals surface area contributed by atoms with E-state index in [0.29, 0.717) is 5.56 Å². The van der Waals surface area contributed by atoms with E-state index < -0.39 is 0 Å². The Balaban J connectivity index is 2.58. The summed E-state index contributed by atoms with van der Waals surface area (Å²) in [4.78, 5) is 0. The summed E-state index contributed by atoms with van der Waals surface area (Å²) in [6.45, 7) is 1.89. The van der Waals surface area contributed by atoms with Crippen LogP contribution in [0.1, 0.15) is 11.4 Å². The first kappa shape index (κ1) is 10.7. The van der Waals surface area contributed by atoms with E-state index in [0.717, 1.165) is 16.7 Å². The van der Waals surface area contributed by atoms with Crippen molar-refractivity contribution in [2.24, 2.45) is 0 Å². The van der Waals surface area contributed by atoms with Crippen molar-refractivity contribution in [2.45, 2.75) is 12.1 Å². The van der Waals surface area contributed by atoms with Gasteiger partial charge in [0.1, 0.15) is 5.82 Å². The van der Waals surface area contributed by atoms with Gasteiger partial charge in [-0.3, -0.25) is 4.57 Å². The zero-order valence-corrected chi connectivity index (χ0v) is 9.82. The van der Waals surface area contributed by atoms with Crippen molar-refractivity contribution in [1.82, 2.24) is 14.8 Å². The van der Waals surface area contributed by atoms with Crippen molar-refractivity contribution in [3.63, 3.8) is 0 Å². The average Bonchev–Trinajstić information content (AvgIpc) is 2.70. The molecule has 0 radical (unpaired) electrons. The summed E-state index contributed by atoms with van der Waals surface area (Å²) < 4.78 is 1.94. The van der Waals surface area contributed by atoms with E-state index in [9.17, 15) is 0 Å². The molecule has 1 heterocycles. The molecule has 0 N–H and O–H groups in total. The van der Waals surface area contributed by atoms with Crippen LogP contribution in [0.4, 0.5) is 0 Å². The highest BCUT2D eigenvalue weighted by Crippen LogP contribution is 2.20. The molecule has 2 aromatic rings. The van der Waals surface area contributed by atoms with Crippen LogP contribution in [-0.4, -0.2) is 21.0 Å². The number of aromatic nitrogens is 3. The highest BCUT2D eigenvalue weighted by atomic mass is 32.2. The van der Waals surface area contributed by atoms with E-state index in [1.54, 1.807) is 6.07 Å². The van der Waals surface area contributed by atoms with E-state index in [1.165, 1.54) is 11.8 Å². The number of rotatable bonds is 2. The molecule has 0 saturated heterocycles. The summed E-state index contributed by atoms with van der Waals surface area (Å²) in [7, 11) is 0. The van der Waals surface area contributed by atoms with Crippen molar-refractivity contribution >= 4 is 11.8 Å². The summed E-state index contributed by atoms with van der Waals surface area (Å²) in [5, 5.41) is 17.8. The minimum atomic E-state index is 0.637. The van der Waals surface area contributed by atoms with Gasteiger partial charge in [0, 0.05) is 0 Å². The highest BCUT2D eigenvalue weighted by molar-refractivity contribution is 7.98. The van der Waals surface area contributed by atoms with Gasteiger partial charge in [-0.15, -0.1) is 10.2 Å². The maximum atomic E-state index is 8.86. The van der Waals surface area contributed by atoms with Crippen molar-refractivity contribution in [3.05, 3.63) is 35.7 Å². The molecule has 4 nitrogen and oxygen atoms in total. The molecule has 1 aromatic carbocycles. The Labute approximate surface area is 97.9 Å². The monoisotopic (exact) mass is 230 g/mol. The summed E-state index contributed by atoms with van der Waals surface area (Å²) >= 11 is 1.53. The van der Waals surface area contributed by atoms with Gasteiger partial charge in [-0.05, 0) is 31.4 Å². The average molecular weight is 230 g/mol. The maximum absolute atomic E-state index is 8.86. The first-order chi connectivity index (χ1) is 7.76. The van der Waals surface area contributed by atoms with Crippen molar-refractivity contribution in [2.75, 3.05) is 6.26 Å². The minimum absolute atomic E-state index is 0.637. The van der Waals surface area contributed by atoms with Crippen LogP contribution >= 0.6 is 11.8 Å². The fraction of sp³-hybridized carbons (Fsp3) is 0.182. The molecule has 0 aliphatic rings. The molecule has 16 heavy (non-hydrogen) atoms. The largest absolute Gasteiger partial charge is 0.274 e. The van der Waals surface area contributed by atoms with Gasteiger partial charge in [0.25, 0.3) is 0 Å². The maximum Gasteiger partial charge on any atom is 0.195 e. The summed E-state index contributed by atoms with van der Waals surface area (Å²) in [5.41, 5.74) is 1.56. The summed E-state index contributed by atoms with van der Waals surface area (Å²) in [6, 6.07) is 9.53. The van der Waals surface area contributed by atoms with Crippen LogP contribution in [0.5, 0.6) is 0 Å². The van der Waals surface area contributed by atoms with Gasteiger partial charge >= 0.3 is 0 Å². The number of nitrogens with zero attached hydrogens (tertiary/aromatic N) is 4. The van der Waals surface area contributed by atoms with Gasteiger partial charge in [-0.25, -0.2) is 0 Å². The van der Waals surface area contributed by atoms with Crippen LogP contribution < -0.4 is 0 Å². The lowest BCUT2D eigenvalue weighted by atomic mass is 10.2. The van der Waals surface area contributed by atoms with Crippen LogP contribution in [0, 0.1) is 18.3 Å². The van der Waals surface area contributed by atoms with Gasteiger partial charge in [0.2, 0.25) is 0 Å². The smallest absolute Gasteiger partial charge is 0.195 e. The second-order valence-electron chi connectivity index (χ2n) is 3.23. The Bertz CT molecular complexity index is 553. The number of hydrogen-bond donors (Lipinski definition) is 0. The molecule has 0 aliphatic heterocycles. The minimum Gasteiger partial charge on any atom is -0.274 e. The normalized spacial score (nSPS) is 10.1. The molecular weight excluding hydrogens is 220 g/mol. The van der Waals surface area contributed by atoms with E-state index >= 15 is 0 Å². The van der Waals surface area contributed by atoms with Crippen molar-refractivity contribution in [3.8, 4) is 11.8 Å². The predicted molar refractivity (Wildman–Crippen MR) is 62.6 cm³/mol. The van der Waals surface area contributed by atoms with E-state index in [1.807, 2.05) is 35.9 Å². The molecule has 0 spiro atoms. The Morgan fingerprint density at radius 2 is 2.19 bits per heavy atom. The molecule has 0 fully saturated rings. The van der Waals surface area contributed by atoms with E-state index in [-0.39, 0.29) is 0 Å². The second-order valence-corrected chi connectivity index (χ2v) is 4.00. The van der Waals surface area contributed by atoms with Gasteiger partial charge in [0.15, 0.2) is 5.16 Å². The van der Waals surface area contributed by atoms with E-state index in [2.05, 4.69) is 16.3 Å². The van der Waals surface area contributed by atoms with Crippen LogP contribution in [0.3, 0.4) is 0 Å². The fourth-order valence-electron chi connectivity index (χ4n) is 1.49. The SMILES string of the molecule is CSc1nnc(C)n1-c1cccc(C#N)c1. The third-order valence-corrected chi connectivity index (χ3v) is 2.84. The molecule has 80 valence electrons. The molecule has 0 saturated carbocycles. The zero-order valence-electron chi connectivity index (χ0n) is 9.01. The molecule has 0 aliphatic carbocycles. The number of thioether (sulfide) groups is 1. The number of hydrogen-bond acceptors (Lipinski definition) is 4. The quantitative estimate of drug-likeness (QED) is 0.742. The van der Waals surface area contributed by atoms with Crippen molar-refractivity contribution < 1.29 is 0 Å². The van der Waals surface area contributed by atoms with E-state index in [4.69, 9.17) is 5.26 Å². The van der Waals surface area contributed by atoms with Crippen LogP contribution in [0.15, 0.2) is 29.4 Å². The lowest BCUT2D eigenvalue weighted by molar-refractivity contribution is 0.870. The summed E-state index contributed by atoms with van der Waals surface area (Å²) in [5.74, 6) is 0.819. The molecule has 0 unspecified atom stereocenters. The lowest BCUT2D eigenvalue weighted by Crippen LogP contribution is -1.98. The molecule has 0 amide bonds. The molecule has 1 aromatic heterocycles.